The molecule has 0 aliphatic carbocycles. The van der Waals surface area contributed by atoms with E-state index >= 15 is 0 Å². The number of hydrogen-bond donors (Lipinski definition) is 3. The third-order valence-corrected chi connectivity index (χ3v) is 6.43. The molecule has 2 aromatic rings. The number of nitrogens with one attached hydrogen (secondary N) is 2. The number of anilines is 2. The number of aromatic nitrogens is 2. The fourth-order valence-electron chi connectivity index (χ4n) is 3.84. The van der Waals surface area contributed by atoms with Crippen LogP contribution in [0.2, 0.25) is 0 Å². The predicted octanol–water partition coefficient (Wildman–Crippen LogP) is 1.95. The maximum atomic E-state index is 13.3. The number of benzene rings is 1. The second-order valence-corrected chi connectivity index (χ2v) is 9.01. The summed E-state index contributed by atoms with van der Waals surface area (Å²) >= 11 is 1.51. The Morgan fingerprint density at radius 1 is 1.20 bits per heavy atom. The van der Waals surface area contributed by atoms with E-state index in [0.29, 0.717) is 0 Å². The molecule has 2 aliphatic rings. The molecular formula is C21H24F3N5O5S. The smallest absolute Gasteiger partial charge is 0.452 e. The summed E-state index contributed by atoms with van der Waals surface area (Å²) in [6, 6.07) is 5.04. The van der Waals surface area contributed by atoms with E-state index in [0.717, 1.165) is 22.4 Å². The van der Waals surface area contributed by atoms with E-state index in [-0.39, 0.29) is 48.7 Å². The van der Waals surface area contributed by atoms with Gasteiger partial charge in [0.05, 0.1) is 11.9 Å². The quantitative estimate of drug-likeness (QED) is 0.486. The SMILES string of the molecule is CC1=CSC(CN2c3c(n(C)c(=O)n(CCCO)c3=O)NC2Oc2cccc(OC(F)(F)F)c2)N1. The van der Waals surface area contributed by atoms with Crippen molar-refractivity contribution < 1.29 is 27.8 Å². The average Bonchev–Trinajstić information content (AvgIpc) is 3.35. The van der Waals surface area contributed by atoms with Gasteiger partial charge in [-0.25, -0.2) is 4.79 Å². The molecule has 3 heterocycles. The third-order valence-electron chi connectivity index (χ3n) is 5.34. The summed E-state index contributed by atoms with van der Waals surface area (Å²) in [4.78, 5) is 27.8. The first-order valence-electron chi connectivity index (χ1n) is 10.7. The van der Waals surface area contributed by atoms with Crippen molar-refractivity contribution in [2.24, 2.45) is 7.05 Å². The number of nitrogens with zero attached hydrogens (tertiary/aromatic N) is 3. The van der Waals surface area contributed by atoms with Crippen molar-refractivity contribution in [2.75, 3.05) is 23.4 Å². The number of halogens is 3. The second-order valence-electron chi connectivity index (χ2n) is 7.93. The van der Waals surface area contributed by atoms with Crippen LogP contribution in [-0.2, 0) is 13.6 Å². The Hall–Kier alpha value is -3.26. The van der Waals surface area contributed by atoms with Crippen molar-refractivity contribution in [3.05, 3.63) is 56.2 Å². The maximum absolute atomic E-state index is 13.3. The number of aliphatic hydroxyl groups is 1. The van der Waals surface area contributed by atoms with Crippen LogP contribution >= 0.6 is 11.8 Å². The van der Waals surface area contributed by atoms with Crippen LogP contribution in [0.4, 0.5) is 24.7 Å². The number of hydrogen-bond acceptors (Lipinski definition) is 9. The van der Waals surface area contributed by atoms with Crippen molar-refractivity contribution >= 4 is 23.3 Å². The van der Waals surface area contributed by atoms with Crippen LogP contribution in [0.3, 0.4) is 0 Å². The largest absolute Gasteiger partial charge is 0.573 e. The van der Waals surface area contributed by atoms with E-state index in [1.807, 2.05) is 12.3 Å². The Kier molecular flexibility index (Phi) is 6.94. The van der Waals surface area contributed by atoms with Gasteiger partial charge in [0, 0.05) is 32.0 Å². The Balaban J connectivity index is 1.69. The van der Waals surface area contributed by atoms with E-state index < -0.39 is 29.7 Å². The number of rotatable bonds is 8. The predicted molar refractivity (Wildman–Crippen MR) is 124 cm³/mol. The lowest BCUT2D eigenvalue weighted by atomic mass is 10.3. The Bertz CT molecular complexity index is 1250. The lowest BCUT2D eigenvalue weighted by Gasteiger charge is -2.29. The number of allylic oxidation sites excluding steroid dienone is 1. The molecule has 190 valence electrons. The zero-order valence-electron chi connectivity index (χ0n) is 18.8. The molecule has 0 amide bonds. The summed E-state index contributed by atoms with van der Waals surface area (Å²) in [6.07, 6.45) is -5.64. The van der Waals surface area contributed by atoms with E-state index in [9.17, 15) is 27.9 Å². The summed E-state index contributed by atoms with van der Waals surface area (Å²) in [5.41, 5.74) is 0.00564. The molecule has 0 radical (unpaired) electrons. The summed E-state index contributed by atoms with van der Waals surface area (Å²) in [7, 11) is 1.50. The van der Waals surface area contributed by atoms with Gasteiger partial charge in [-0.05, 0) is 30.9 Å². The number of alkyl halides is 3. The normalized spacial score (nSPS) is 19.1. The van der Waals surface area contributed by atoms with Gasteiger partial charge in [-0.15, -0.1) is 24.9 Å². The van der Waals surface area contributed by atoms with Gasteiger partial charge in [0.25, 0.3) is 11.9 Å². The standard InChI is InChI=1S/C21H24F3N5O5S/c1-12-11-35-15(25-12)10-29-16-17(27(2)20(32)28(18(16)31)7-4-8-30)26-19(29)33-13-5-3-6-14(9-13)34-21(22,23)24/h3,5-6,9,11,15,19,25-26,30H,4,7-8,10H2,1-2H3. The highest BCUT2D eigenvalue weighted by Crippen LogP contribution is 2.34. The second kappa shape index (κ2) is 9.77. The average molecular weight is 516 g/mol. The molecule has 0 fully saturated rings. The Labute approximate surface area is 201 Å². The van der Waals surface area contributed by atoms with Gasteiger partial charge in [-0.2, -0.15) is 0 Å². The molecular weight excluding hydrogens is 491 g/mol. The van der Waals surface area contributed by atoms with Crippen LogP contribution in [0.15, 0.2) is 45.0 Å². The van der Waals surface area contributed by atoms with Gasteiger partial charge in [-0.3, -0.25) is 13.9 Å². The van der Waals surface area contributed by atoms with Gasteiger partial charge in [0.1, 0.15) is 23.0 Å². The van der Waals surface area contributed by atoms with Gasteiger partial charge < -0.3 is 30.1 Å². The van der Waals surface area contributed by atoms with Crippen molar-refractivity contribution in [2.45, 2.75) is 38.0 Å². The number of thioether (sulfide) groups is 1. The molecule has 2 atom stereocenters. The zero-order valence-corrected chi connectivity index (χ0v) is 19.7. The van der Waals surface area contributed by atoms with Crippen LogP contribution in [0.5, 0.6) is 11.5 Å². The molecule has 0 bridgehead atoms. The highest BCUT2D eigenvalue weighted by Gasteiger charge is 2.38. The molecule has 0 saturated heterocycles. The molecule has 4 rings (SSSR count). The summed E-state index contributed by atoms with van der Waals surface area (Å²) in [5.74, 6) is -0.168. The first-order chi connectivity index (χ1) is 16.6. The van der Waals surface area contributed by atoms with Crippen molar-refractivity contribution in [1.82, 2.24) is 14.5 Å². The molecule has 14 heteroatoms. The van der Waals surface area contributed by atoms with Crippen LogP contribution in [0.1, 0.15) is 13.3 Å². The highest BCUT2D eigenvalue weighted by atomic mass is 32.2. The monoisotopic (exact) mass is 515 g/mol. The molecule has 2 aliphatic heterocycles. The van der Waals surface area contributed by atoms with E-state index in [2.05, 4.69) is 15.4 Å². The van der Waals surface area contributed by atoms with Crippen molar-refractivity contribution in [3.63, 3.8) is 0 Å². The molecule has 10 nitrogen and oxygen atoms in total. The van der Waals surface area contributed by atoms with E-state index in [1.165, 1.54) is 35.5 Å². The van der Waals surface area contributed by atoms with Crippen LogP contribution in [-0.4, -0.2) is 45.5 Å². The van der Waals surface area contributed by atoms with Gasteiger partial charge in [0.15, 0.2) is 0 Å². The fourth-order valence-corrected chi connectivity index (χ4v) is 4.78. The van der Waals surface area contributed by atoms with Gasteiger partial charge in [0.2, 0.25) is 0 Å². The summed E-state index contributed by atoms with van der Waals surface area (Å²) < 4.78 is 50.2. The minimum atomic E-state index is -4.86. The molecule has 0 spiro atoms. The summed E-state index contributed by atoms with van der Waals surface area (Å²) in [5, 5.41) is 17.2. The van der Waals surface area contributed by atoms with Crippen LogP contribution in [0.25, 0.3) is 0 Å². The number of fused-ring (bicyclic) bond motifs is 1. The summed E-state index contributed by atoms with van der Waals surface area (Å²) in [6.45, 7) is 2.01. The lowest BCUT2D eigenvalue weighted by Crippen LogP contribution is -2.48. The van der Waals surface area contributed by atoms with Gasteiger partial charge in [-0.1, -0.05) is 6.07 Å². The van der Waals surface area contributed by atoms with Crippen molar-refractivity contribution in [1.29, 1.82) is 0 Å². The van der Waals surface area contributed by atoms with E-state index in [4.69, 9.17) is 4.74 Å². The topological polar surface area (TPSA) is 110 Å². The molecule has 1 aromatic heterocycles. The number of aliphatic hydroxyl groups excluding tert-OH is 1. The molecule has 35 heavy (non-hydrogen) atoms. The molecule has 2 unspecified atom stereocenters. The first kappa shape index (κ1) is 24.9. The number of ether oxygens (including phenoxy) is 2. The fraction of sp³-hybridized carbons (Fsp3) is 0.429. The highest BCUT2D eigenvalue weighted by molar-refractivity contribution is 8.03. The van der Waals surface area contributed by atoms with Crippen LogP contribution in [0, 0.1) is 0 Å². The van der Waals surface area contributed by atoms with E-state index in [1.54, 1.807) is 4.90 Å². The minimum absolute atomic E-state index is 0.0303. The Morgan fingerprint density at radius 2 is 1.94 bits per heavy atom. The molecule has 0 saturated carbocycles. The van der Waals surface area contributed by atoms with Gasteiger partial charge >= 0.3 is 12.1 Å². The first-order valence-corrected chi connectivity index (χ1v) is 11.6. The molecule has 3 N–H and O–H groups in total. The van der Waals surface area contributed by atoms with Crippen LogP contribution < -0.4 is 36.3 Å². The minimum Gasteiger partial charge on any atom is -0.452 e. The zero-order chi connectivity index (χ0) is 25.3. The Morgan fingerprint density at radius 3 is 2.60 bits per heavy atom. The molecule has 1 aromatic carbocycles. The maximum Gasteiger partial charge on any atom is 0.573 e. The lowest BCUT2D eigenvalue weighted by molar-refractivity contribution is -0.274. The third kappa shape index (κ3) is 5.37. The van der Waals surface area contributed by atoms with Crippen molar-refractivity contribution in [3.8, 4) is 11.5 Å².